The summed E-state index contributed by atoms with van der Waals surface area (Å²) in [6.07, 6.45) is 1.00. The summed E-state index contributed by atoms with van der Waals surface area (Å²) in [6.45, 7) is 4.59. The van der Waals surface area contributed by atoms with Gasteiger partial charge in [0.15, 0.2) is 0 Å². The average molecular weight is 314 g/mol. The van der Waals surface area contributed by atoms with E-state index in [0.29, 0.717) is 26.1 Å². The molecule has 1 N–H and O–H groups in total. The Kier molecular flexibility index (Phi) is 6.64. The van der Waals surface area contributed by atoms with E-state index >= 15 is 0 Å². The molecule has 4 heteroatoms. The number of hydrogen-bond donors (Lipinski definition) is 1. The third-order valence-corrected chi connectivity index (χ3v) is 4.18. The van der Waals surface area contributed by atoms with Crippen LogP contribution in [0.25, 0.3) is 0 Å². The SMILES string of the molecule is CCCN(CC#Cc1ccccc1)C(=O)[C@@H]1CN(C)CC[C@H]1O. The van der Waals surface area contributed by atoms with Crippen molar-refractivity contribution in [3.05, 3.63) is 35.9 Å². The van der Waals surface area contributed by atoms with Crippen molar-refractivity contribution in [1.82, 2.24) is 9.80 Å². The number of aliphatic hydroxyl groups is 1. The Balaban J connectivity index is 2.02. The lowest BCUT2D eigenvalue weighted by Gasteiger charge is -2.35. The third kappa shape index (κ3) is 5.09. The van der Waals surface area contributed by atoms with Gasteiger partial charge in [-0.05, 0) is 32.0 Å². The van der Waals surface area contributed by atoms with Crippen LogP contribution in [0.15, 0.2) is 30.3 Å². The molecule has 1 aromatic carbocycles. The van der Waals surface area contributed by atoms with Crippen molar-refractivity contribution in [2.75, 3.05) is 33.2 Å². The molecule has 1 saturated heterocycles. The fourth-order valence-corrected chi connectivity index (χ4v) is 2.88. The standard InChI is InChI=1S/C19H26N2O2/c1-3-12-21(13-7-10-16-8-5-4-6-9-16)19(23)17-15-20(2)14-11-18(17)22/h4-6,8-9,17-18,22H,3,11-15H2,1-2H3/t17-,18-/m1/s1. The molecule has 1 aliphatic rings. The molecule has 0 aliphatic carbocycles. The van der Waals surface area contributed by atoms with Gasteiger partial charge in [0.05, 0.1) is 18.6 Å². The minimum Gasteiger partial charge on any atom is -0.392 e. The van der Waals surface area contributed by atoms with Crippen LogP contribution in [0, 0.1) is 17.8 Å². The second-order valence-corrected chi connectivity index (χ2v) is 6.15. The number of benzene rings is 1. The zero-order valence-electron chi connectivity index (χ0n) is 14.0. The molecule has 124 valence electrons. The molecule has 0 aromatic heterocycles. The van der Waals surface area contributed by atoms with Gasteiger partial charge in [0, 0.05) is 25.2 Å². The highest BCUT2D eigenvalue weighted by atomic mass is 16.3. The fourth-order valence-electron chi connectivity index (χ4n) is 2.88. The highest BCUT2D eigenvalue weighted by Gasteiger charge is 2.34. The Labute approximate surface area is 139 Å². The summed E-state index contributed by atoms with van der Waals surface area (Å²) in [6, 6.07) is 9.77. The summed E-state index contributed by atoms with van der Waals surface area (Å²) in [7, 11) is 1.99. The van der Waals surface area contributed by atoms with Crippen LogP contribution in [0.3, 0.4) is 0 Å². The average Bonchev–Trinajstić information content (AvgIpc) is 2.56. The van der Waals surface area contributed by atoms with Gasteiger partial charge in [-0.15, -0.1) is 0 Å². The van der Waals surface area contributed by atoms with Crippen LogP contribution < -0.4 is 0 Å². The quantitative estimate of drug-likeness (QED) is 0.858. The summed E-state index contributed by atoms with van der Waals surface area (Å²) >= 11 is 0. The number of piperidine rings is 1. The summed E-state index contributed by atoms with van der Waals surface area (Å²) in [5.41, 5.74) is 0.953. The Morgan fingerprint density at radius 2 is 2.13 bits per heavy atom. The number of rotatable bonds is 4. The molecule has 4 nitrogen and oxygen atoms in total. The molecule has 0 spiro atoms. The van der Waals surface area contributed by atoms with Crippen molar-refractivity contribution < 1.29 is 9.90 Å². The molecular formula is C19H26N2O2. The van der Waals surface area contributed by atoms with E-state index in [1.807, 2.05) is 44.3 Å². The molecule has 1 amide bonds. The molecule has 1 aliphatic heterocycles. The molecule has 0 radical (unpaired) electrons. The lowest BCUT2D eigenvalue weighted by atomic mass is 9.93. The van der Waals surface area contributed by atoms with E-state index < -0.39 is 6.10 Å². The smallest absolute Gasteiger partial charge is 0.230 e. The largest absolute Gasteiger partial charge is 0.392 e. The van der Waals surface area contributed by atoms with Crippen LogP contribution in [-0.4, -0.2) is 60.1 Å². The second kappa shape index (κ2) is 8.71. The maximum absolute atomic E-state index is 12.8. The molecule has 0 bridgehead atoms. The zero-order valence-corrected chi connectivity index (χ0v) is 14.0. The predicted octanol–water partition coefficient (Wildman–Crippen LogP) is 1.59. The van der Waals surface area contributed by atoms with Crippen molar-refractivity contribution in [3.63, 3.8) is 0 Å². The first-order valence-electron chi connectivity index (χ1n) is 8.31. The highest BCUT2D eigenvalue weighted by Crippen LogP contribution is 2.18. The van der Waals surface area contributed by atoms with E-state index in [-0.39, 0.29) is 11.8 Å². The van der Waals surface area contributed by atoms with Gasteiger partial charge in [-0.2, -0.15) is 0 Å². The number of aliphatic hydroxyl groups excluding tert-OH is 1. The van der Waals surface area contributed by atoms with Gasteiger partial charge < -0.3 is 14.9 Å². The van der Waals surface area contributed by atoms with E-state index in [1.165, 1.54) is 0 Å². The van der Waals surface area contributed by atoms with Crippen LogP contribution in [0.4, 0.5) is 0 Å². The zero-order chi connectivity index (χ0) is 16.7. The maximum atomic E-state index is 12.8. The third-order valence-electron chi connectivity index (χ3n) is 4.18. The Morgan fingerprint density at radius 1 is 1.39 bits per heavy atom. The number of likely N-dealkylation sites (tertiary alicyclic amines) is 1. The Hall–Kier alpha value is -1.83. The van der Waals surface area contributed by atoms with Gasteiger partial charge in [0.1, 0.15) is 0 Å². The van der Waals surface area contributed by atoms with Crippen molar-refractivity contribution >= 4 is 5.91 Å². The van der Waals surface area contributed by atoms with Gasteiger partial charge in [-0.3, -0.25) is 4.79 Å². The molecule has 1 heterocycles. The van der Waals surface area contributed by atoms with E-state index in [0.717, 1.165) is 18.5 Å². The topological polar surface area (TPSA) is 43.8 Å². The van der Waals surface area contributed by atoms with Crippen molar-refractivity contribution in [2.24, 2.45) is 5.92 Å². The summed E-state index contributed by atoms with van der Waals surface area (Å²) < 4.78 is 0. The molecule has 1 fully saturated rings. The number of hydrogen-bond acceptors (Lipinski definition) is 3. The van der Waals surface area contributed by atoms with Gasteiger partial charge in [-0.1, -0.05) is 37.0 Å². The van der Waals surface area contributed by atoms with Gasteiger partial charge in [0.2, 0.25) is 5.91 Å². The lowest BCUT2D eigenvalue weighted by Crippen LogP contribution is -2.50. The lowest BCUT2D eigenvalue weighted by molar-refractivity contribution is -0.141. The first-order chi connectivity index (χ1) is 11.1. The predicted molar refractivity (Wildman–Crippen MR) is 91.8 cm³/mol. The van der Waals surface area contributed by atoms with E-state index in [2.05, 4.69) is 16.7 Å². The summed E-state index contributed by atoms with van der Waals surface area (Å²) in [4.78, 5) is 16.6. The Morgan fingerprint density at radius 3 is 2.83 bits per heavy atom. The number of carbonyl (C=O) groups excluding carboxylic acids is 1. The normalized spacial score (nSPS) is 21.3. The van der Waals surface area contributed by atoms with Gasteiger partial charge in [-0.25, -0.2) is 0 Å². The summed E-state index contributed by atoms with van der Waals surface area (Å²) in [5, 5.41) is 10.2. The van der Waals surface area contributed by atoms with E-state index in [4.69, 9.17) is 0 Å². The number of carbonyl (C=O) groups is 1. The van der Waals surface area contributed by atoms with Crippen LogP contribution in [0.2, 0.25) is 0 Å². The molecule has 2 atom stereocenters. The van der Waals surface area contributed by atoms with Crippen molar-refractivity contribution in [2.45, 2.75) is 25.9 Å². The van der Waals surface area contributed by atoms with Crippen molar-refractivity contribution in [1.29, 1.82) is 0 Å². The Bertz CT molecular complexity index is 562. The minimum atomic E-state index is -0.542. The molecule has 1 aromatic rings. The number of amides is 1. The van der Waals surface area contributed by atoms with Gasteiger partial charge in [0.25, 0.3) is 0 Å². The van der Waals surface area contributed by atoms with E-state index in [9.17, 15) is 9.90 Å². The van der Waals surface area contributed by atoms with Crippen molar-refractivity contribution in [3.8, 4) is 11.8 Å². The van der Waals surface area contributed by atoms with Crippen LogP contribution >= 0.6 is 0 Å². The number of nitrogens with zero attached hydrogens (tertiary/aromatic N) is 2. The molecule has 0 saturated carbocycles. The van der Waals surface area contributed by atoms with Gasteiger partial charge >= 0.3 is 0 Å². The monoisotopic (exact) mass is 314 g/mol. The minimum absolute atomic E-state index is 0.0215. The first kappa shape index (κ1) is 17.5. The maximum Gasteiger partial charge on any atom is 0.230 e. The van der Waals surface area contributed by atoms with Crippen LogP contribution in [0.5, 0.6) is 0 Å². The summed E-state index contributed by atoms with van der Waals surface area (Å²) in [5.74, 6) is 5.87. The molecule has 23 heavy (non-hydrogen) atoms. The van der Waals surface area contributed by atoms with E-state index in [1.54, 1.807) is 4.90 Å². The van der Waals surface area contributed by atoms with Crippen LogP contribution in [-0.2, 0) is 4.79 Å². The molecule has 0 unspecified atom stereocenters. The van der Waals surface area contributed by atoms with Crippen LogP contribution in [0.1, 0.15) is 25.3 Å². The molecule has 2 rings (SSSR count). The highest BCUT2D eigenvalue weighted by molar-refractivity contribution is 5.80. The second-order valence-electron chi connectivity index (χ2n) is 6.15. The molecular weight excluding hydrogens is 288 g/mol. The fraction of sp³-hybridized carbons (Fsp3) is 0.526. The first-order valence-corrected chi connectivity index (χ1v) is 8.31.